The van der Waals surface area contributed by atoms with Gasteiger partial charge in [-0.25, -0.2) is 0 Å². The van der Waals surface area contributed by atoms with Crippen molar-refractivity contribution in [2.75, 3.05) is 30.9 Å². The van der Waals surface area contributed by atoms with E-state index in [1.165, 1.54) is 0 Å². The molecule has 116 valence electrons. The zero-order valence-corrected chi connectivity index (χ0v) is 13.2. The summed E-state index contributed by atoms with van der Waals surface area (Å²) in [7, 11) is 3.90. The number of esters is 1. The average Bonchev–Trinajstić information content (AvgIpc) is 2.43. The minimum Gasteiger partial charge on any atom is -0.456 e. The van der Waals surface area contributed by atoms with Crippen LogP contribution >= 0.6 is 0 Å². The standard InChI is InChI=1S/C16H24N2O3/c1-12(2)5-10-16(20)21-11-15(19)17-13-6-8-14(9-7-13)18(3)4/h6-9,12H,5,10-11H2,1-4H3,(H,17,19). The second-order valence-corrected chi connectivity index (χ2v) is 5.58. The minimum atomic E-state index is -0.332. The maximum atomic E-state index is 11.7. The molecule has 1 rings (SSSR count). The van der Waals surface area contributed by atoms with Gasteiger partial charge in [0.05, 0.1) is 0 Å². The molecule has 0 radical (unpaired) electrons. The van der Waals surface area contributed by atoms with Gasteiger partial charge in [-0.05, 0) is 36.6 Å². The fourth-order valence-corrected chi connectivity index (χ4v) is 1.66. The molecular weight excluding hydrogens is 268 g/mol. The summed E-state index contributed by atoms with van der Waals surface area (Å²) in [4.78, 5) is 25.1. The molecule has 0 heterocycles. The first kappa shape index (κ1) is 17.0. The van der Waals surface area contributed by atoms with E-state index in [1.807, 2.05) is 57.1 Å². The van der Waals surface area contributed by atoms with Crippen LogP contribution in [0, 0.1) is 5.92 Å². The lowest BCUT2D eigenvalue weighted by Crippen LogP contribution is -2.21. The van der Waals surface area contributed by atoms with Crippen LogP contribution in [0.2, 0.25) is 0 Å². The van der Waals surface area contributed by atoms with Crippen LogP contribution in [0.4, 0.5) is 11.4 Å². The molecule has 0 atom stereocenters. The van der Waals surface area contributed by atoms with Crippen molar-refractivity contribution >= 4 is 23.3 Å². The number of amides is 1. The molecule has 0 aliphatic rings. The Morgan fingerprint density at radius 2 is 1.81 bits per heavy atom. The Balaban J connectivity index is 2.35. The molecule has 0 aromatic heterocycles. The van der Waals surface area contributed by atoms with Gasteiger partial charge in [-0.2, -0.15) is 0 Å². The summed E-state index contributed by atoms with van der Waals surface area (Å²) >= 11 is 0. The third-order valence-electron chi connectivity index (χ3n) is 2.96. The van der Waals surface area contributed by atoms with E-state index in [4.69, 9.17) is 4.74 Å². The van der Waals surface area contributed by atoms with E-state index < -0.39 is 0 Å². The monoisotopic (exact) mass is 292 g/mol. The predicted octanol–water partition coefficient (Wildman–Crippen LogP) is 2.67. The summed E-state index contributed by atoms with van der Waals surface area (Å²) in [6, 6.07) is 7.44. The van der Waals surface area contributed by atoms with Crippen LogP contribution in [0.5, 0.6) is 0 Å². The number of nitrogens with zero attached hydrogens (tertiary/aromatic N) is 1. The molecule has 5 heteroatoms. The second-order valence-electron chi connectivity index (χ2n) is 5.58. The number of hydrogen-bond donors (Lipinski definition) is 1. The predicted molar refractivity (Wildman–Crippen MR) is 84.4 cm³/mol. The maximum Gasteiger partial charge on any atom is 0.306 e. The summed E-state index contributed by atoms with van der Waals surface area (Å²) in [6.45, 7) is 3.83. The Hall–Kier alpha value is -2.04. The third kappa shape index (κ3) is 6.79. The van der Waals surface area contributed by atoms with Crippen molar-refractivity contribution in [3.63, 3.8) is 0 Å². The van der Waals surface area contributed by atoms with Gasteiger partial charge in [-0.1, -0.05) is 13.8 Å². The van der Waals surface area contributed by atoms with Crippen LogP contribution in [0.15, 0.2) is 24.3 Å². The number of ether oxygens (including phenoxy) is 1. The van der Waals surface area contributed by atoms with E-state index in [0.717, 1.165) is 12.1 Å². The molecule has 21 heavy (non-hydrogen) atoms. The van der Waals surface area contributed by atoms with E-state index >= 15 is 0 Å². The molecule has 0 fully saturated rings. The first-order chi connectivity index (χ1) is 9.88. The van der Waals surface area contributed by atoms with Crippen molar-refractivity contribution in [3.05, 3.63) is 24.3 Å². The quantitative estimate of drug-likeness (QED) is 0.785. The molecule has 1 aromatic rings. The molecular formula is C16H24N2O3. The van der Waals surface area contributed by atoms with Crippen LogP contribution in [-0.4, -0.2) is 32.6 Å². The second kappa shape index (κ2) is 8.29. The van der Waals surface area contributed by atoms with Crippen LogP contribution in [0.1, 0.15) is 26.7 Å². The topological polar surface area (TPSA) is 58.6 Å². The molecule has 1 amide bonds. The van der Waals surface area contributed by atoms with Gasteiger partial charge in [-0.15, -0.1) is 0 Å². The molecule has 5 nitrogen and oxygen atoms in total. The number of rotatable bonds is 7. The number of carbonyl (C=O) groups is 2. The van der Waals surface area contributed by atoms with Crippen LogP contribution < -0.4 is 10.2 Å². The Morgan fingerprint density at radius 3 is 2.33 bits per heavy atom. The van der Waals surface area contributed by atoms with Gasteiger partial charge >= 0.3 is 5.97 Å². The molecule has 0 saturated carbocycles. The van der Waals surface area contributed by atoms with Crippen molar-refractivity contribution in [1.29, 1.82) is 0 Å². The highest BCUT2D eigenvalue weighted by molar-refractivity contribution is 5.92. The number of carbonyl (C=O) groups excluding carboxylic acids is 2. The van der Waals surface area contributed by atoms with Crippen molar-refractivity contribution in [2.45, 2.75) is 26.7 Å². The number of hydrogen-bond acceptors (Lipinski definition) is 4. The highest BCUT2D eigenvalue weighted by Gasteiger charge is 2.08. The molecule has 0 unspecified atom stereocenters. The Labute approximate surface area is 126 Å². The van der Waals surface area contributed by atoms with Crippen LogP contribution in [-0.2, 0) is 14.3 Å². The van der Waals surface area contributed by atoms with E-state index in [9.17, 15) is 9.59 Å². The van der Waals surface area contributed by atoms with E-state index in [1.54, 1.807) is 0 Å². The Bertz CT molecular complexity index is 467. The van der Waals surface area contributed by atoms with Gasteiger partial charge in [0.15, 0.2) is 6.61 Å². The number of benzene rings is 1. The maximum absolute atomic E-state index is 11.7. The summed E-state index contributed by atoms with van der Waals surface area (Å²) < 4.78 is 4.93. The molecule has 1 aromatic carbocycles. The SMILES string of the molecule is CC(C)CCC(=O)OCC(=O)Nc1ccc(N(C)C)cc1. The largest absolute Gasteiger partial charge is 0.456 e. The van der Waals surface area contributed by atoms with Crippen molar-refractivity contribution in [2.24, 2.45) is 5.92 Å². The number of anilines is 2. The minimum absolute atomic E-state index is 0.244. The Kier molecular flexibility index (Phi) is 6.72. The van der Waals surface area contributed by atoms with Gasteiger partial charge in [-0.3, -0.25) is 9.59 Å². The van der Waals surface area contributed by atoms with Gasteiger partial charge < -0.3 is 15.0 Å². The van der Waals surface area contributed by atoms with Crippen LogP contribution in [0.3, 0.4) is 0 Å². The van der Waals surface area contributed by atoms with Gasteiger partial charge in [0.2, 0.25) is 0 Å². The van der Waals surface area contributed by atoms with Crippen molar-refractivity contribution in [1.82, 2.24) is 0 Å². The van der Waals surface area contributed by atoms with Crippen molar-refractivity contribution in [3.8, 4) is 0 Å². The summed E-state index contributed by atoms with van der Waals surface area (Å²) in [5, 5.41) is 2.69. The lowest BCUT2D eigenvalue weighted by molar-refractivity contribution is -0.147. The van der Waals surface area contributed by atoms with Gasteiger partial charge in [0.1, 0.15) is 0 Å². The van der Waals surface area contributed by atoms with E-state index in [2.05, 4.69) is 5.32 Å². The molecule has 0 saturated heterocycles. The fourth-order valence-electron chi connectivity index (χ4n) is 1.66. The fraction of sp³-hybridized carbons (Fsp3) is 0.500. The lowest BCUT2D eigenvalue weighted by Gasteiger charge is -2.13. The van der Waals surface area contributed by atoms with E-state index in [0.29, 0.717) is 18.0 Å². The molecule has 0 bridgehead atoms. The molecule has 0 aliphatic carbocycles. The van der Waals surface area contributed by atoms with E-state index in [-0.39, 0.29) is 18.5 Å². The van der Waals surface area contributed by atoms with Crippen molar-refractivity contribution < 1.29 is 14.3 Å². The normalized spacial score (nSPS) is 10.3. The highest BCUT2D eigenvalue weighted by Crippen LogP contribution is 2.15. The molecule has 1 N–H and O–H groups in total. The summed E-state index contributed by atoms with van der Waals surface area (Å²) in [5.41, 5.74) is 1.73. The van der Waals surface area contributed by atoms with Gasteiger partial charge in [0, 0.05) is 31.9 Å². The molecule has 0 spiro atoms. The molecule has 0 aliphatic heterocycles. The summed E-state index contributed by atoms with van der Waals surface area (Å²) in [6.07, 6.45) is 1.12. The summed E-state index contributed by atoms with van der Waals surface area (Å²) in [5.74, 6) is -0.214. The third-order valence-corrected chi connectivity index (χ3v) is 2.96. The first-order valence-corrected chi connectivity index (χ1v) is 7.11. The first-order valence-electron chi connectivity index (χ1n) is 7.11. The number of nitrogens with one attached hydrogen (secondary N) is 1. The van der Waals surface area contributed by atoms with Gasteiger partial charge in [0.25, 0.3) is 5.91 Å². The zero-order chi connectivity index (χ0) is 15.8. The van der Waals surface area contributed by atoms with Crippen LogP contribution in [0.25, 0.3) is 0 Å². The lowest BCUT2D eigenvalue weighted by atomic mass is 10.1. The smallest absolute Gasteiger partial charge is 0.306 e. The zero-order valence-electron chi connectivity index (χ0n) is 13.2. The highest BCUT2D eigenvalue weighted by atomic mass is 16.5. The Morgan fingerprint density at radius 1 is 1.19 bits per heavy atom. The average molecular weight is 292 g/mol.